The highest BCUT2D eigenvalue weighted by Gasteiger charge is 2.18. The maximum atomic E-state index is 11.5. The van der Waals surface area contributed by atoms with E-state index in [0.29, 0.717) is 13.0 Å². The fourth-order valence-electron chi connectivity index (χ4n) is 1.83. The molecule has 0 radical (unpaired) electrons. The molecule has 0 aliphatic heterocycles. The molecule has 0 amide bonds. The quantitative estimate of drug-likeness (QED) is 0.432. The van der Waals surface area contributed by atoms with Gasteiger partial charge in [0.1, 0.15) is 0 Å². The van der Waals surface area contributed by atoms with Crippen LogP contribution in [0.25, 0.3) is 16.5 Å². The van der Waals surface area contributed by atoms with Gasteiger partial charge in [0.2, 0.25) is 0 Å². The van der Waals surface area contributed by atoms with E-state index >= 15 is 0 Å². The van der Waals surface area contributed by atoms with Crippen LogP contribution in [-0.2, 0) is 6.42 Å². The molecule has 0 unspecified atom stereocenters. The molecule has 0 bridgehead atoms. The number of carbonyl (C=O) groups excluding carboxylic acids is 1. The van der Waals surface area contributed by atoms with Crippen LogP contribution in [0.3, 0.4) is 0 Å². The monoisotopic (exact) mass is 213 g/mol. The molecule has 0 saturated carbocycles. The van der Waals surface area contributed by atoms with Crippen molar-refractivity contribution in [3.8, 4) is 0 Å². The Morgan fingerprint density at radius 2 is 2.31 bits per heavy atom. The van der Waals surface area contributed by atoms with Gasteiger partial charge in [-0.3, -0.25) is 4.79 Å². The van der Waals surface area contributed by atoms with Crippen LogP contribution in [0, 0.1) is 0 Å². The van der Waals surface area contributed by atoms with Crippen LogP contribution < -0.4 is 0 Å². The molecule has 0 fully saturated rings. The van der Waals surface area contributed by atoms with E-state index in [9.17, 15) is 4.79 Å². The molecule has 80 valence electrons. The molecular weight excluding hydrogens is 202 g/mol. The van der Waals surface area contributed by atoms with Gasteiger partial charge in [-0.15, -0.1) is 0 Å². The van der Waals surface area contributed by atoms with Gasteiger partial charge in [0, 0.05) is 23.4 Å². The smallest absolute Gasteiger partial charge is 0.163 e. The number of azide groups is 1. The molecule has 0 atom stereocenters. The minimum Gasteiger partial charge on any atom is -0.294 e. The van der Waals surface area contributed by atoms with E-state index in [2.05, 4.69) is 10.0 Å². The summed E-state index contributed by atoms with van der Waals surface area (Å²) in [6, 6.07) is 5.87. The highest BCUT2D eigenvalue weighted by Crippen LogP contribution is 2.23. The average Bonchev–Trinajstić information content (AvgIpc) is 2.67. The molecule has 16 heavy (non-hydrogen) atoms. The number of ketones is 1. The molecule has 1 aromatic rings. The van der Waals surface area contributed by atoms with Gasteiger partial charge in [0.25, 0.3) is 0 Å². The number of hydrogen-bond acceptors (Lipinski definition) is 2. The molecule has 0 heterocycles. The van der Waals surface area contributed by atoms with Gasteiger partial charge in [-0.05, 0) is 29.1 Å². The van der Waals surface area contributed by atoms with Gasteiger partial charge >= 0.3 is 0 Å². The van der Waals surface area contributed by atoms with Gasteiger partial charge in [-0.25, -0.2) is 0 Å². The van der Waals surface area contributed by atoms with Crippen molar-refractivity contribution in [2.45, 2.75) is 12.8 Å². The summed E-state index contributed by atoms with van der Waals surface area (Å²) >= 11 is 0. The van der Waals surface area contributed by atoms with E-state index in [1.54, 1.807) is 6.08 Å². The van der Waals surface area contributed by atoms with Crippen LogP contribution in [0.2, 0.25) is 0 Å². The molecule has 1 aromatic carbocycles. The number of carbonyl (C=O) groups is 1. The summed E-state index contributed by atoms with van der Waals surface area (Å²) in [7, 11) is 0. The summed E-state index contributed by atoms with van der Waals surface area (Å²) in [6.07, 6.45) is 5.12. The Morgan fingerprint density at radius 3 is 3.12 bits per heavy atom. The van der Waals surface area contributed by atoms with E-state index in [1.807, 2.05) is 24.3 Å². The molecule has 4 heteroatoms. The van der Waals surface area contributed by atoms with Crippen LogP contribution >= 0.6 is 0 Å². The van der Waals surface area contributed by atoms with Crippen molar-refractivity contribution in [1.82, 2.24) is 0 Å². The van der Waals surface area contributed by atoms with Gasteiger partial charge in [0.05, 0.1) is 0 Å². The normalized spacial score (nSPS) is 13.9. The van der Waals surface area contributed by atoms with Crippen LogP contribution in [-0.4, -0.2) is 12.3 Å². The number of nitrogens with zero attached hydrogens (tertiary/aromatic N) is 3. The van der Waals surface area contributed by atoms with E-state index in [4.69, 9.17) is 5.53 Å². The maximum Gasteiger partial charge on any atom is 0.163 e. The molecular formula is C12H11N3O. The number of benzene rings is 1. The minimum atomic E-state index is 0.222. The highest BCUT2D eigenvalue weighted by atomic mass is 16.1. The molecule has 1 aliphatic carbocycles. The third-order valence-corrected chi connectivity index (χ3v) is 2.62. The number of fused-ring (bicyclic) bond motifs is 1. The lowest BCUT2D eigenvalue weighted by atomic mass is 10.1. The Morgan fingerprint density at radius 1 is 1.44 bits per heavy atom. The van der Waals surface area contributed by atoms with E-state index in [1.165, 1.54) is 0 Å². The first-order valence-corrected chi connectivity index (χ1v) is 5.15. The summed E-state index contributed by atoms with van der Waals surface area (Å²) < 4.78 is 0. The van der Waals surface area contributed by atoms with Crippen LogP contribution in [0.1, 0.15) is 27.9 Å². The Hall–Kier alpha value is -2.06. The molecule has 1 aliphatic rings. The van der Waals surface area contributed by atoms with E-state index in [-0.39, 0.29) is 5.78 Å². The lowest BCUT2D eigenvalue weighted by molar-refractivity contribution is 0.0994. The fraction of sp³-hybridized carbons (Fsp3) is 0.250. The zero-order valence-electron chi connectivity index (χ0n) is 8.76. The standard InChI is InChI=1S/C12H11N3O/c13-15-14-7-1-2-9-3-4-10-5-6-12(16)11(10)8-9/h1-4,8H,5-7H2. The lowest BCUT2D eigenvalue weighted by Gasteiger charge is -1.98. The lowest BCUT2D eigenvalue weighted by Crippen LogP contribution is -1.91. The summed E-state index contributed by atoms with van der Waals surface area (Å²) in [5.41, 5.74) is 11.1. The zero-order chi connectivity index (χ0) is 11.4. The second-order valence-corrected chi connectivity index (χ2v) is 3.66. The second kappa shape index (κ2) is 4.64. The predicted octanol–water partition coefficient (Wildman–Crippen LogP) is 3.14. The van der Waals surface area contributed by atoms with Crippen molar-refractivity contribution in [2.75, 3.05) is 6.54 Å². The topological polar surface area (TPSA) is 65.8 Å². The van der Waals surface area contributed by atoms with Crippen molar-refractivity contribution in [2.24, 2.45) is 5.11 Å². The van der Waals surface area contributed by atoms with Gasteiger partial charge < -0.3 is 0 Å². The zero-order valence-corrected chi connectivity index (χ0v) is 8.76. The Kier molecular flexibility index (Phi) is 3.03. The highest BCUT2D eigenvalue weighted by molar-refractivity contribution is 6.00. The molecule has 4 nitrogen and oxygen atoms in total. The Balaban J connectivity index is 2.18. The van der Waals surface area contributed by atoms with Crippen molar-refractivity contribution in [3.05, 3.63) is 51.4 Å². The first kappa shape index (κ1) is 10.5. The largest absolute Gasteiger partial charge is 0.294 e. The number of rotatable bonds is 3. The molecule has 0 N–H and O–H groups in total. The molecule has 0 spiro atoms. The first-order chi connectivity index (χ1) is 7.81. The third-order valence-electron chi connectivity index (χ3n) is 2.62. The van der Waals surface area contributed by atoms with Crippen molar-refractivity contribution < 1.29 is 4.79 Å². The van der Waals surface area contributed by atoms with Crippen LogP contribution in [0.15, 0.2) is 29.4 Å². The van der Waals surface area contributed by atoms with Gasteiger partial charge in [-0.1, -0.05) is 29.4 Å². The predicted molar refractivity (Wildman–Crippen MR) is 62.1 cm³/mol. The van der Waals surface area contributed by atoms with Crippen molar-refractivity contribution >= 4 is 11.9 Å². The summed E-state index contributed by atoms with van der Waals surface area (Å²) in [4.78, 5) is 14.2. The third kappa shape index (κ3) is 2.12. The van der Waals surface area contributed by atoms with Crippen molar-refractivity contribution in [3.63, 3.8) is 0 Å². The maximum absolute atomic E-state index is 11.5. The SMILES string of the molecule is [N-]=[N+]=NCC=Cc1ccc2c(c1)C(=O)CC2. The van der Waals surface area contributed by atoms with Crippen molar-refractivity contribution in [1.29, 1.82) is 0 Å². The second-order valence-electron chi connectivity index (χ2n) is 3.66. The first-order valence-electron chi connectivity index (χ1n) is 5.15. The summed E-state index contributed by atoms with van der Waals surface area (Å²) in [5, 5.41) is 3.40. The summed E-state index contributed by atoms with van der Waals surface area (Å²) in [6.45, 7) is 0.335. The Labute approximate surface area is 93.2 Å². The Bertz CT molecular complexity index is 499. The van der Waals surface area contributed by atoms with Crippen LogP contribution in [0.4, 0.5) is 0 Å². The van der Waals surface area contributed by atoms with Gasteiger partial charge in [-0.2, -0.15) is 0 Å². The average molecular weight is 213 g/mol. The summed E-state index contributed by atoms with van der Waals surface area (Å²) in [5.74, 6) is 0.222. The van der Waals surface area contributed by atoms with Crippen LogP contribution in [0.5, 0.6) is 0 Å². The minimum absolute atomic E-state index is 0.222. The molecule has 0 saturated heterocycles. The van der Waals surface area contributed by atoms with E-state index < -0.39 is 0 Å². The fourth-order valence-corrected chi connectivity index (χ4v) is 1.83. The molecule has 2 rings (SSSR count). The molecule has 0 aromatic heterocycles. The number of hydrogen-bond donors (Lipinski definition) is 0. The number of Topliss-reactive ketones (excluding diaryl/α,β-unsaturated/α-hetero) is 1. The number of aryl methyl sites for hydroxylation is 1. The van der Waals surface area contributed by atoms with Gasteiger partial charge in [0.15, 0.2) is 5.78 Å². The van der Waals surface area contributed by atoms with E-state index in [0.717, 1.165) is 23.1 Å².